The van der Waals surface area contributed by atoms with Crippen LogP contribution in [0.5, 0.6) is 0 Å². The van der Waals surface area contributed by atoms with E-state index in [0.29, 0.717) is 0 Å². The molecule has 12 nitrogen and oxygen atoms in total. The van der Waals surface area contributed by atoms with Crippen LogP contribution in [0.4, 0.5) is 5.95 Å². The minimum atomic E-state index is -1.55. The first-order valence-corrected chi connectivity index (χ1v) is 6.76. The summed E-state index contributed by atoms with van der Waals surface area (Å²) in [7, 11) is 0. The second kappa shape index (κ2) is 7.27. The van der Waals surface area contributed by atoms with E-state index < -0.39 is 54.4 Å². The lowest BCUT2D eigenvalue weighted by Crippen LogP contribution is -2.63. The van der Waals surface area contributed by atoms with Gasteiger partial charge in [0.2, 0.25) is 0 Å². The number of nitrogens with zero attached hydrogens (tertiary/aromatic N) is 3. The molecule has 0 radical (unpaired) electrons. The van der Waals surface area contributed by atoms with E-state index in [9.17, 15) is 30.5 Å². The molecule has 0 spiro atoms. The monoisotopic (exact) mass is 334 g/mol. The van der Waals surface area contributed by atoms with E-state index in [1.807, 2.05) is 0 Å². The summed E-state index contributed by atoms with van der Waals surface area (Å²) in [5.74, 6) is -0.569. The molecule has 6 unspecified atom stereocenters. The van der Waals surface area contributed by atoms with Gasteiger partial charge in [0.1, 0.15) is 30.7 Å². The second-order valence-corrected chi connectivity index (χ2v) is 5.04. The first kappa shape index (κ1) is 17.7. The molecule has 1 fully saturated rings. The minimum absolute atomic E-state index is 0.296. The van der Waals surface area contributed by atoms with Crippen LogP contribution >= 0.6 is 0 Å². The largest absolute Gasteiger partial charge is 0.436 e. The van der Waals surface area contributed by atoms with Gasteiger partial charge in [-0.25, -0.2) is 4.57 Å². The Hall–Kier alpha value is -1.67. The zero-order chi connectivity index (χ0) is 17.1. The summed E-state index contributed by atoms with van der Waals surface area (Å²) in [6.45, 7) is -0.887. The molecule has 2 heterocycles. The van der Waals surface area contributed by atoms with Gasteiger partial charge >= 0.3 is 5.95 Å². The fourth-order valence-corrected chi connectivity index (χ4v) is 2.34. The highest BCUT2D eigenvalue weighted by atomic mass is 16.6. The first-order valence-electron chi connectivity index (χ1n) is 6.76. The number of hydrogen-bond donors (Lipinski definition) is 6. The van der Waals surface area contributed by atoms with Gasteiger partial charge in [-0.15, -0.1) is 0 Å². The average Bonchev–Trinajstić information content (AvgIpc) is 3.00. The van der Waals surface area contributed by atoms with Crippen molar-refractivity contribution in [1.29, 1.82) is 0 Å². The number of hydrogen-bond acceptors (Lipinski definition) is 10. The summed E-state index contributed by atoms with van der Waals surface area (Å²) in [6.07, 6.45) is -4.66. The molecule has 6 atom stereocenters. The lowest BCUT2D eigenvalue weighted by molar-refractivity contribution is -0.398. The molecule has 1 aromatic heterocycles. The third kappa shape index (κ3) is 3.64. The fourth-order valence-electron chi connectivity index (χ4n) is 2.34. The fraction of sp³-hybridized carbons (Fsp3) is 0.727. The number of ether oxygens (including phenoxy) is 1. The van der Waals surface area contributed by atoms with Crippen molar-refractivity contribution in [3.63, 3.8) is 0 Å². The SMILES string of the molecule is O=[N+]([O-])c1nccn1C(O)CNC1C(O)OC(CO)C(O)C1O. The Morgan fingerprint density at radius 3 is 2.74 bits per heavy atom. The summed E-state index contributed by atoms with van der Waals surface area (Å²) in [4.78, 5) is 13.5. The Bertz CT molecular complexity index is 540. The maximum atomic E-state index is 10.7. The number of aliphatic hydroxyl groups excluding tert-OH is 5. The number of aliphatic hydroxyl groups is 5. The van der Waals surface area contributed by atoms with Gasteiger partial charge in [0, 0.05) is 0 Å². The van der Waals surface area contributed by atoms with Crippen molar-refractivity contribution in [2.75, 3.05) is 13.2 Å². The lowest BCUT2D eigenvalue weighted by Gasteiger charge is -2.40. The zero-order valence-corrected chi connectivity index (χ0v) is 11.8. The second-order valence-electron chi connectivity index (χ2n) is 5.04. The van der Waals surface area contributed by atoms with E-state index in [2.05, 4.69) is 10.3 Å². The summed E-state index contributed by atoms with van der Waals surface area (Å²) in [6, 6.07) is -1.16. The number of aromatic nitrogens is 2. The summed E-state index contributed by atoms with van der Waals surface area (Å²) >= 11 is 0. The van der Waals surface area contributed by atoms with Crippen LogP contribution < -0.4 is 5.32 Å². The van der Waals surface area contributed by atoms with Crippen LogP contribution in [-0.2, 0) is 4.74 Å². The molecule has 6 N–H and O–H groups in total. The van der Waals surface area contributed by atoms with Crippen LogP contribution in [0.25, 0.3) is 0 Å². The highest BCUT2D eigenvalue weighted by Crippen LogP contribution is 2.20. The number of nitrogens with one attached hydrogen (secondary N) is 1. The molecule has 0 aromatic carbocycles. The van der Waals surface area contributed by atoms with Crippen LogP contribution in [0.1, 0.15) is 6.23 Å². The molecule has 1 aromatic rings. The van der Waals surface area contributed by atoms with Crippen LogP contribution in [0.3, 0.4) is 0 Å². The van der Waals surface area contributed by atoms with Crippen molar-refractivity contribution in [2.24, 2.45) is 0 Å². The van der Waals surface area contributed by atoms with Gasteiger partial charge in [-0.1, -0.05) is 4.98 Å². The maximum Gasteiger partial charge on any atom is 0.436 e. The van der Waals surface area contributed by atoms with Crippen LogP contribution in [0.2, 0.25) is 0 Å². The Balaban J connectivity index is 1.99. The molecule has 23 heavy (non-hydrogen) atoms. The minimum Gasteiger partial charge on any atom is -0.394 e. The third-order valence-electron chi connectivity index (χ3n) is 3.57. The Morgan fingerprint density at radius 2 is 2.13 bits per heavy atom. The van der Waals surface area contributed by atoms with Gasteiger partial charge in [-0.2, -0.15) is 0 Å². The molecule has 0 saturated carbocycles. The molecule has 2 rings (SSSR count). The normalized spacial score (nSPS) is 32.7. The molecule has 12 heteroatoms. The third-order valence-corrected chi connectivity index (χ3v) is 3.57. The zero-order valence-electron chi connectivity index (χ0n) is 11.8. The van der Waals surface area contributed by atoms with Crippen molar-refractivity contribution in [2.45, 2.75) is 36.9 Å². The molecule has 0 bridgehead atoms. The summed E-state index contributed by atoms with van der Waals surface area (Å²) < 4.78 is 5.83. The van der Waals surface area contributed by atoms with Crippen molar-refractivity contribution in [1.82, 2.24) is 14.9 Å². The highest BCUT2D eigenvalue weighted by molar-refractivity contribution is 5.07. The van der Waals surface area contributed by atoms with Crippen LogP contribution in [0, 0.1) is 10.1 Å². The Labute approximate surface area is 129 Å². The Kier molecular flexibility index (Phi) is 5.59. The summed E-state index contributed by atoms with van der Waals surface area (Å²) in [5, 5.41) is 61.7. The van der Waals surface area contributed by atoms with E-state index in [4.69, 9.17) is 9.84 Å². The molecular formula is C11H18N4O8. The highest BCUT2D eigenvalue weighted by Gasteiger charge is 2.43. The van der Waals surface area contributed by atoms with E-state index in [1.165, 1.54) is 6.20 Å². The van der Waals surface area contributed by atoms with Crippen molar-refractivity contribution < 1.29 is 35.2 Å². The van der Waals surface area contributed by atoms with Crippen molar-refractivity contribution in [3.8, 4) is 0 Å². The smallest absolute Gasteiger partial charge is 0.394 e. The van der Waals surface area contributed by atoms with Gasteiger partial charge in [0.25, 0.3) is 0 Å². The molecule has 0 aliphatic carbocycles. The summed E-state index contributed by atoms with van der Waals surface area (Å²) in [5.41, 5.74) is 0. The molecule has 1 saturated heterocycles. The van der Waals surface area contributed by atoms with Crippen LogP contribution in [0.15, 0.2) is 12.4 Å². The van der Waals surface area contributed by atoms with Crippen molar-refractivity contribution >= 4 is 5.95 Å². The molecular weight excluding hydrogens is 316 g/mol. The quantitative estimate of drug-likeness (QED) is 0.227. The van der Waals surface area contributed by atoms with Crippen molar-refractivity contribution in [3.05, 3.63) is 22.5 Å². The van der Waals surface area contributed by atoms with E-state index in [1.54, 1.807) is 0 Å². The van der Waals surface area contributed by atoms with Gasteiger partial charge in [0.05, 0.1) is 19.2 Å². The van der Waals surface area contributed by atoms with Crippen LogP contribution in [-0.4, -0.2) is 83.8 Å². The van der Waals surface area contributed by atoms with Gasteiger partial charge in [-0.05, 0) is 4.92 Å². The maximum absolute atomic E-state index is 10.7. The number of rotatable bonds is 6. The standard InChI is InChI=1S/C11H18N4O8/c16-4-5-8(18)9(19)7(10(20)23-5)13-3-6(17)14-2-1-12-11(14)15(21)22/h1-2,5-10,13,16-20H,3-4H2. The average molecular weight is 334 g/mol. The van der Waals surface area contributed by atoms with E-state index in [0.717, 1.165) is 10.8 Å². The predicted octanol–water partition coefficient (Wildman–Crippen LogP) is -3.33. The van der Waals surface area contributed by atoms with Gasteiger partial charge < -0.3 is 45.7 Å². The number of imidazole rings is 1. The number of nitro groups is 1. The molecule has 1 aliphatic rings. The molecule has 0 amide bonds. The molecule has 130 valence electrons. The van der Waals surface area contributed by atoms with E-state index in [-0.39, 0.29) is 6.54 Å². The van der Waals surface area contributed by atoms with E-state index >= 15 is 0 Å². The predicted molar refractivity (Wildman–Crippen MR) is 71.9 cm³/mol. The topological polar surface area (TPSA) is 183 Å². The first-order chi connectivity index (χ1) is 10.9. The lowest BCUT2D eigenvalue weighted by atomic mass is 9.97. The van der Waals surface area contributed by atoms with Gasteiger partial charge in [-0.3, -0.25) is 0 Å². The van der Waals surface area contributed by atoms with Gasteiger partial charge in [0.15, 0.2) is 12.5 Å². The molecule has 1 aliphatic heterocycles. The Morgan fingerprint density at radius 1 is 1.43 bits per heavy atom.